The molecule has 2 saturated heterocycles. The number of piperazine rings is 1. The summed E-state index contributed by atoms with van der Waals surface area (Å²) in [5, 5.41) is 1.50. The molecule has 0 bridgehead atoms. The number of likely N-dealkylation sites (N-methyl/N-ethyl adjacent to an activating group) is 1. The third-order valence-corrected chi connectivity index (χ3v) is 9.50. The van der Waals surface area contributed by atoms with Crippen LogP contribution in [-0.4, -0.2) is 84.1 Å². The number of halogens is 2. The number of likely N-dealkylation sites (tertiary alicyclic amines) is 1. The first kappa shape index (κ1) is 28.3. The number of nitrogens with zero attached hydrogens (tertiary/aromatic N) is 6. The van der Waals surface area contributed by atoms with Crippen LogP contribution in [0.4, 0.5) is 10.2 Å². The minimum atomic E-state index is -0.464. The zero-order valence-electron chi connectivity index (χ0n) is 23.2. The Morgan fingerprint density at radius 3 is 2.86 bits per heavy atom. The summed E-state index contributed by atoms with van der Waals surface area (Å²) in [5.74, 6) is -0.147. The molecule has 0 radical (unpaired) electrons. The number of hydrogen-bond acceptors (Lipinski definition) is 7. The quantitative estimate of drug-likeness (QED) is 0.193. The van der Waals surface area contributed by atoms with Crippen molar-refractivity contribution in [1.29, 1.82) is 0 Å². The zero-order chi connectivity index (χ0) is 29.4. The van der Waals surface area contributed by atoms with Gasteiger partial charge in [0.15, 0.2) is 5.82 Å². The van der Waals surface area contributed by atoms with Gasteiger partial charge in [-0.05, 0) is 50.0 Å². The largest absolute Gasteiger partial charge is 0.462 e. The van der Waals surface area contributed by atoms with Gasteiger partial charge in [-0.3, -0.25) is 4.79 Å². The van der Waals surface area contributed by atoms with E-state index in [0.717, 1.165) is 35.0 Å². The number of carbonyl (C=O) groups excluding carboxylic acids is 1. The van der Waals surface area contributed by atoms with Crippen molar-refractivity contribution in [2.75, 3.05) is 51.3 Å². The van der Waals surface area contributed by atoms with Crippen molar-refractivity contribution in [2.45, 2.75) is 24.9 Å². The summed E-state index contributed by atoms with van der Waals surface area (Å²) in [5.41, 5.74) is 1.33. The predicted octanol–water partition coefficient (Wildman–Crippen LogP) is 5.90. The Labute approximate surface area is 252 Å². The topological polar surface area (TPSA) is 66.2 Å². The van der Waals surface area contributed by atoms with Crippen molar-refractivity contribution in [1.82, 2.24) is 19.8 Å². The van der Waals surface area contributed by atoms with E-state index in [1.54, 1.807) is 11.0 Å². The van der Waals surface area contributed by atoms with Crippen molar-refractivity contribution in [3.05, 3.63) is 70.6 Å². The molecule has 0 spiro atoms. The average Bonchev–Trinajstić information content (AvgIpc) is 3.59. The number of amides is 1. The minimum Gasteiger partial charge on any atom is -0.462 e. The van der Waals surface area contributed by atoms with Crippen LogP contribution in [0.15, 0.2) is 49.1 Å². The van der Waals surface area contributed by atoms with E-state index in [2.05, 4.69) is 28.4 Å². The van der Waals surface area contributed by atoms with Gasteiger partial charge in [0.2, 0.25) is 12.5 Å². The molecule has 2 aromatic heterocycles. The van der Waals surface area contributed by atoms with Crippen LogP contribution in [0.25, 0.3) is 37.0 Å². The Bertz CT molecular complexity index is 1720. The van der Waals surface area contributed by atoms with Gasteiger partial charge >= 0.3 is 6.01 Å². The Balaban J connectivity index is 1.44. The molecule has 11 heteroatoms. The molecule has 2 fully saturated rings. The molecule has 0 N–H and O–H groups in total. The van der Waals surface area contributed by atoms with E-state index in [4.69, 9.17) is 27.9 Å². The standard InChI is InChI=1S/C31H30ClFN6O2S/c1-4-26(40)39-14-13-38(17-21(39)16-34-2)30-24-11-10-22(23-9-5-7-19-15-25(32)42-29(19)23)27(33)28(24)35-31(36-30)41-18-20-8-6-12-37(20)3/h4-5,7,9-11,15,20-21H,1,6,8,12-14,16-18H2,3H3/t20-,21-/m0/s1. The lowest BCUT2D eigenvalue weighted by molar-refractivity contribution is -0.128. The highest BCUT2D eigenvalue weighted by molar-refractivity contribution is 7.23. The Morgan fingerprint density at radius 2 is 2.10 bits per heavy atom. The van der Waals surface area contributed by atoms with Gasteiger partial charge in [0.05, 0.1) is 4.34 Å². The number of ether oxygens (including phenoxy) is 1. The summed E-state index contributed by atoms with van der Waals surface area (Å²) in [4.78, 5) is 31.4. The van der Waals surface area contributed by atoms with E-state index in [0.29, 0.717) is 47.3 Å². The van der Waals surface area contributed by atoms with Crippen molar-refractivity contribution >= 4 is 55.7 Å². The van der Waals surface area contributed by atoms with E-state index in [1.807, 2.05) is 35.2 Å². The highest BCUT2D eigenvalue weighted by Crippen LogP contribution is 2.40. The summed E-state index contributed by atoms with van der Waals surface area (Å²) in [6, 6.07) is 11.2. The smallest absolute Gasteiger partial charge is 0.319 e. The van der Waals surface area contributed by atoms with Crippen molar-refractivity contribution < 1.29 is 13.9 Å². The summed E-state index contributed by atoms with van der Waals surface area (Å²) < 4.78 is 24.2. The first-order valence-electron chi connectivity index (χ1n) is 13.9. The molecular weight excluding hydrogens is 575 g/mol. The van der Waals surface area contributed by atoms with Crippen molar-refractivity contribution in [3.63, 3.8) is 0 Å². The molecule has 42 heavy (non-hydrogen) atoms. The summed E-state index contributed by atoms with van der Waals surface area (Å²) in [7, 11) is 2.07. The highest BCUT2D eigenvalue weighted by atomic mass is 35.5. The number of aromatic nitrogens is 2. The maximum atomic E-state index is 16.5. The van der Waals surface area contributed by atoms with E-state index >= 15 is 4.39 Å². The van der Waals surface area contributed by atoms with Crippen LogP contribution < -0.4 is 9.64 Å². The first-order valence-corrected chi connectivity index (χ1v) is 15.1. The van der Waals surface area contributed by atoms with E-state index in [-0.39, 0.29) is 36.1 Å². The number of anilines is 1. The van der Waals surface area contributed by atoms with Crippen LogP contribution >= 0.6 is 22.9 Å². The zero-order valence-corrected chi connectivity index (χ0v) is 24.8. The Kier molecular flexibility index (Phi) is 7.99. The van der Waals surface area contributed by atoms with Crippen LogP contribution in [0.5, 0.6) is 6.01 Å². The Morgan fingerprint density at radius 1 is 1.24 bits per heavy atom. The molecule has 2 aliphatic heterocycles. The molecule has 2 atom stereocenters. The van der Waals surface area contributed by atoms with Gasteiger partial charge in [-0.1, -0.05) is 42.4 Å². The number of fused-ring (bicyclic) bond motifs is 2. The lowest BCUT2D eigenvalue weighted by Crippen LogP contribution is -2.56. The van der Waals surface area contributed by atoms with Crippen LogP contribution in [0.2, 0.25) is 4.34 Å². The van der Waals surface area contributed by atoms with Crippen molar-refractivity contribution in [3.8, 4) is 17.1 Å². The maximum absolute atomic E-state index is 16.5. The molecule has 6 rings (SSSR count). The normalized spacial score (nSPS) is 19.4. The molecule has 0 saturated carbocycles. The Hall–Kier alpha value is -3.78. The van der Waals surface area contributed by atoms with Gasteiger partial charge in [0.25, 0.3) is 0 Å². The SMILES string of the molecule is [C-]#[N+]C[C@H]1CN(c2nc(OC[C@@H]3CCCN3C)nc3c(F)c(-c4cccc5cc(Cl)sc45)ccc23)CCN1C(=O)C=C. The fourth-order valence-corrected chi connectivity index (χ4v) is 7.22. The van der Waals surface area contributed by atoms with Crippen molar-refractivity contribution in [2.24, 2.45) is 0 Å². The minimum absolute atomic E-state index is 0.109. The third-order valence-electron chi connectivity index (χ3n) is 8.19. The molecule has 1 amide bonds. The van der Waals surface area contributed by atoms with Gasteiger partial charge in [-0.25, -0.2) is 11.0 Å². The number of thiophene rings is 1. The highest BCUT2D eigenvalue weighted by Gasteiger charge is 2.33. The lowest BCUT2D eigenvalue weighted by Gasteiger charge is -2.39. The molecule has 0 unspecified atom stereocenters. The predicted molar refractivity (Wildman–Crippen MR) is 166 cm³/mol. The van der Waals surface area contributed by atoms with E-state index in [9.17, 15) is 4.79 Å². The summed E-state index contributed by atoms with van der Waals surface area (Å²) in [6.07, 6.45) is 3.39. The second kappa shape index (κ2) is 11.8. The van der Waals surface area contributed by atoms with Gasteiger partial charge in [-0.2, -0.15) is 9.97 Å². The van der Waals surface area contributed by atoms with Gasteiger partial charge in [-0.15, -0.1) is 11.3 Å². The van der Waals surface area contributed by atoms with E-state index in [1.165, 1.54) is 17.4 Å². The number of carbonyl (C=O) groups is 1. The molecule has 8 nitrogen and oxygen atoms in total. The molecular formula is C31H30ClFN6O2S. The monoisotopic (exact) mass is 604 g/mol. The summed E-state index contributed by atoms with van der Waals surface area (Å²) in [6.45, 7) is 13.8. The number of rotatable bonds is 7. The lowest BCUT2D eigenvalue weighted by atomic mass is 10.0. The maximum Gasteiger partial charge on any atom is 0.319 e. The fourth-order valence-electron chi connectivity index (χ4n) is 5.96. The second-order valence-electron chi connectivity index (χ2n) is 10.7. The van der Waals surface area contributed by atoms with Gasteiger partial charge in [0.1, 0.15) is 24.0 Å². The first-order chi connectivity index (χ1) is 20.4. The molecule has 2 aromatic carbocycles. The number of hydrogen-bond donors (Lipinski definition) is 0. The van der Waals surface area contributed by atoms with Crippen LogP contribution in [0, 0.1) is 12.4 Å². The summed E-state index contributed by atoms with van der Waals surface area (Å²) >= 11 is 7.72. The van der Waals surface area contributed by atoms with Crippen LogP contribution in [0.3, 0.4) is 0 Å². The van der Waals surface area contributed by atoms with Crippen LogP contribution in [0.1, 0.15) is 12.8 Å². The van der Waals surface area contributed by atoms with Gasteiger partial charge in [0, 0.05) is 46.9 Å². The fraction of sp³-hybridized carbons (Fsp3) is 0.355. The van der Waals surface area contributed by atoms with Crippen LogP contribution in [-0.2, 0) is 4.79 Å². The molecule has 2 aliphatic rings. The second-order valence-corrected chi connectivity index (χ2v) is 12.4. The molecule has 0 aliphatic carbocycles. The van der Waals surface area contributed by atoms with Gasteiger partial charge < -0.3 is 24.3 Å². The number of benzene rings is 2. The average molecular weight is 605 g/mol. The molecule has 216 valence electrons. The third kappa shape index (κ3) is 5.28. The van der Waals surface area contributed by atoms with E-state index < -0.39 is 5.82 Å². The molecule has 4 heterocycles. The molecule has 4 aromatic rings.